The van der Waals surface area contributed by atoms with E-state index in [1.54, 1.807) is 11.8 Å². The molecule has 0 spiro atoms. The van der Waals surface area contributed by atoms with Crippen molar-refractivity contribution in [1.29, 1.82) is 0 Å². The van der Waals surface area contributed by atoms with E-state index < -0.39 is 18.6 Å². The molecule has 0 amide bonds. The van der Waals surface area contributed by atoms with Crippen molar-refractivity contribution < 1.29 is 18.1 Å². The van der Waals surface area contributed by atoms with Crippen LogP contribution in [0.25, 0.3) is 0 Å². The van der Waals surface area contributed by atoms with Crippen LogP contribution in [0, 0.1) is 0 Å². The smallest absolute Gasteiger partial charge is 0.296 e. The standard InChI is InChI=1S/C10H13F2N3O2S/c1-15-2-3-18-5-6(15)10-13-8(17-14-10)4-7(16)9(11)12/h6,9H,2-5H2,1H3. The van der Waals surface area contributed by atoms with Crippen LogP contribution in [0.4, 0.5) is 8.78 Å². The molecule has 0 saturated carbocycles. The Morgan fingerprint density at radius 3 is 3.11 bits per heavy atom. The molecule has 8 heteroatoms. The van der Waals surface area contributed by atoms with E-state index in [2.05, 4.69) is 15.0 Å². The number of hydrogen-bond acceptors (Lipinski definition) is 6. The molecule has 0 aromatic carbocycles. The summed E-state index contributed by atoms with van der Waals surface area (Å²) in [6.07, 6.45) is -3.50. The Kier molecular flexibility index (Phi) is 4.28. The molecule has 1 aromatic rings. The lowest BCUT2D eigenvalue weighted by atomic mass is 10.2. The first-order valence-corrected chi connectivity index (χ1v) is 6.64. The highest BCUT2D eigenvalue weighted by molar-refractivity contribution is 7.99. The molecule has 0 N–H and O–H groups in total. The van der Waals surface area contributed by atoms with Crippen molar-refractivity contribution in [1.82, 2.24) is 15.0 Å². The number of aromatic nitrogens is 2. The van der Waals surface area contributed by atoms with Crippen molar-refractivity contribution in [3.63, 3.8) is 0 Å². The van der Waals surface area contributed by atoms with Gasteiger partial charge < -0.3 is 4.52 Å². The van der Waals surface area contributed by atoms with Crippen molar-refractivity contribution in [3.8, 4) is 0 Å². The number of carbonyl (C=O) groups excluding carboxylic acids is 1. The van der Waals surface area contributed by atoms with Crippen LogP contribution in [0.3, 0.4) is 0 Å². The molecule has 0 radical (unpaired) electrons. The maximum absolute atomic E-state index is 12.1. The van der Waals surface area contributed by atoms with E-state index in [0.29, 0.717) is 5.82 Å². The van der Waals surface area contributed by atoms with Gasteiger partial charge in [0.15, 0.2) is 5.82 Å². The van der Waals surface area contributed by atoms with Crippen LogP contribution in [0.1, 0.15) is 17.8 Å². The average Bonchev–Trinajstić information content (AvgIpc) is 2.77. The van der Waals surface area contributed by atoms with Gasteiger partial charge in [-0.3, -0.25) is 9.69 Å². The molecule has 18 heavy (non-hydrogen) atoms. The van der Waals surface area contributed by atoms with Crippen LogP contribution in [-0.4, -0.2) is 52.3 Å². The SMILES string of the molecule is CN1CCSCC1c1noc(CC(=O)C(F)F)n1. The Bertz CT molecular complexity index is 427. The lowest BCUT2D eigenvalue weighted by Crippen LogP contribution is -2.33. The van der Waals surface area contributed by atoms with Crippen LogP contribution >= 0.6 is 11.8 Å². The Hall–Kier alpha value is -1.02. The number of thioether (sulfide) groups is 1. The van der Waals surface area contributed by atoms with Gasteiger partial charge >= 0.3 is 0 Å². The summed E-state index contributed by atoms with van der Waals surface area (Å²) < 4.78 is 29.0. The highest BCUT2D eigenvalue weighted by Gasteiger charge is 2.27. The zero-order valence-electron chi connectivity index (χ0n) is 9.81. The topological polar surface area (TPSA) is 59.2 Å². The summed E-state index contributed by atoms with van der Waals surface area (Å²) in [4.78, 5) is 17.0. The maximum atomic E-state index is 12.1. The molecule has 1 aliphatic rings. The summed E-state index contributed by atoms with van der Waals surface area (Å²) >= 11 is 1.78. The van der Waals surface area contributed by atoms with Gasteiger partial charge in [-0.2, -0.15) is 16.7 Å². The first-order valence-electron chi connectivity index (χ1n) is 5.49. The zero-order chi connectivity index (χ0) is 13.1. The van der Waals surface area contributed by atoms with Gasteiger partial charge in [-0.1, -0.05) is 5.16 Å². The first-order chi connectivity index (χ1) is 8.58. The second kappa shape index (κ2) is 5.75. The van der Waals surface area contributed by atoms with E-state index in [0.717, 1.165) is 18.1 Å². The number of Topliss-reactive ketones (excluding diaryl/α,β-unsaturated/α-hetero) is 1. The highest BCUT2D eigenvalue weighted by Crippen LogP contribution is 2.26. The number of alkyl halides is 2. The van der Waals surface area contributed by atoms with Crippen LogP contribution < -0.4 is 0 Å². The van der Waals surface area contributed by atoms with E-state index in [1.165, 1.54) is 0 Å². The molecule has 0 aliphatic carbocycles. The molecule has 1 saturated heterocycles. The summed E-state index contributed by atoms with van der Waals surface area (Å²) in [5.74, 6) is 1.09. The fraction of sp³-hybridized carbons (Fsp3) is 0.700. The summed E-state index contributed by atoms with van der Waals surface area (Å²) in [5, 5.41) is 3.76. The van der Waals surface area contributed by atoms with Crippen molar-refractivity contribution in [2.45, 2.75) is 18.9 Å². The third-order valence-corrected chi connectivity index (χ3v) is 3.77. The molecule has 1 unspecified atom stereocenters. The molecular formula is C10H13F2N3O2S. The summed E-state index contributed by atoms with van der Waals surface area (Å²) in [6, 6.07) is 0.0166. The van der Waals surface area contributed by atoms with Gasteiger partial charge in [0.2, 0.25) is 11.7 Å². The molecule has 1 aromatic heterocycles. The third kappa shape index (κ3) is 3.05. The fourth-order valence-corrected chi connectivity index (χ4v) is 2.87. The van der Waals surface area contributed by atoms with Crippen LogP contribution in [0.5, 0.6) is 0 Å². The molecule has 2 rings (SSSR count). The second-order valence-electron chi connectivity index (χ2n) is 4.06. The molecular weight excluding hydrogens is 264 g/mol. The van der Waals surface area contributed by atoms with Crippen molar-refractivity contribution in [3.05, 3.63) is 11.7 Å². The van der Waals surface area contributed by atoms with Crippen molar-refractivity contribution >= 4 is 17.5 Å². The van der Waals surface area contributed by atoms with E-state index in [4.69, 9.17) is 4.52 Å². The molecule has 100 valence electrons. The Labute approximate surface area is 107 Å². The van der Waals surface area contributed by atoms with E-state index >= 15 is 0 Å². The monoisotopic (exact) mass is 277 g/mol. The number of hydrogen-bond donors (Lipinski definition) is 0. The lowest BCUT2D eigenvalue weighted by Gasteiger charge is -2.29. The molecule has 2 heterocycles. The summed E-state index contributed by atoms with van der Waals surface area (Å²) in [5.41, 5.74) is 0. The number of carbonyl (C=O) groups is 1. The number of halogens is 2. The van der Waals surface area contributed by atoms with E-state index in [-0.39, 0.29) is 11.9 Å². The minimum Gasteiger partial charge on any atom is -0.339 e. The van der Waals surface area contributed by atoms with Crippen LogP contribution in [0.15, 0.2) is 4.52 Å². The highest BCUT2D eigenvalue weighted by atomic mass is 32.2. The number of rotatable bonds is 4. The van der Waals surface area contributed by atoms with Gasteiger partial charge in [0.05, 0.1) is 12.5 Å². The third-order valence-electron chi connectivity index (χ3n) is 2.75. The molecule has 1 aliphatic heterocycles. The Balaban J connectivity index is 2.03. The number of ketones is 1. The average molecular weight is 277 g/mol. The maximum Gasteiger partial charge on any atom is 0.296 e. The Morgan fingerprint density at radius 1 is 1.67 bits per heavy atom. The van der Waals surface area contributed by atoms with Crippen LogP contribution in [0.2, 0.25) is 0 Å². The van der Waals surface area contributed by atoms with Crippen LogP contribution in [-0.2, 0) is 11.2 Å². The predicted octanol–water partition coefficient (Wildman–Crippen LogP) is 1.17. The van der Waals surface area contributed by atoms with Gasteiger partial charge in [0.25, 0.3) is 6.43 Å². The molecule has 1 atom stereocenters. The van der Waals surface area contributed by atoms with Gasteiger partial charge in [-0.25, -0.2) is 8.78 Å². The minimum atomic E-state index is -2.99. The first kappa shape index (κ1) is 13.4. The van der Waals surface area contributed by atoms with Crippen molar-refractivity contribution in [2.75, 3.05) is 25.1 Å². The summed E-state index contributed by atoms with van der Waals surface area (Å²) in [6.45, 7) is 0.912. The molecule has 0 bridgehead atoms. The van der Waals surface area contributed by atoms with Gasteiger partial charge in [0, 0.05) is 18.1 Å². The molecule has 5 nitrogen and oxygen atoms in total. The quantitative estimate of drug-likeness (QED) is 0.823. The normalized spacial score (nSPS) is 21.4. The second-order valence-corrected chi connectivity index (χ2v) is 5.21. The Morgan fingerprint density at radius 2 is 2.44 bits per heavy atom. The minimum absolute atomic E-state index is 0.0166. The number of nitrogens with zero attached hydrogens (tertiary/aromatic N) is 3. The lowest BCUT2D eigenvalue weighted by molar-refractivity contribution is -0.129. The zero-order valence-corrected chi connectivity index (χ0v) is 10.6. The van der Waals surface area contributed by atoms with E-state index in [1.807, 2.05) is 7.05 Å². The van der Waals surface area contributed by atoms with Crippen molar-refractivity contribution in [2.24, 2.45) is 0 Å². The summed E-state index contributed by atoms with van der Waals surface area (Å²) in [7, 11) is 1.95. The predicted molar refractivity (Wildman–Crippen MR) is 61.7 cm³/mol. The fourth-order valence-electron chi connectivity index (χ4n) is 1.66. The van der Waals surface area contributed by atoms with E-state index in [9.17, 15) is 13.6 Å². The van der Waals surface area contributed by atoms with Gasteiger partial charge in [0.1, 0.15) is 0 Å². The van der Waals surface area contributed by atoms with Gasteiger partial charge in [-0.05, 0) is 7.05 Å². The molecule has 1 fully saturated rings. The van der Waals surface area contributed by atoms with Gasteiger partial charge in [-0.15, -0.1) is 0 Å². The largest absolute Gasteiger partial charge is 0.339 e.